The van der Waals surface area contributed by atoms with E-state index in [0.29, 0.717) is 5.56 Å². The molecule has 0 unspecified atom stereocenters. The summed E-state index contributed by atoms with van der Waals surface area (Å²) in [6, 6.07) is 8.28. The predicted octanol–water partition coefficient (Wildman–Crippen LogP) is 2.08. The number of nitro benzene ring substituents is 1. The van der Waals surface area contributed by atoms with Crippen LogP contribution in [0.15, 0.2) is 41.5 Å². The Kier molecular flexibility index (Phi) is 5.51. The lowest BCUT2D eigenvalue weighted by atomic mass is 10.2. The molecule has 0 spiro atoms. The number of phenols is 1. The summed E-state index contributed by atoms with van der Waals surface area (Å²) in [6.45, 7) is 0. The van der Waals surface area contributed by atoms with Gasteiger partial charge in [0.05, 0.1) is 25.4 Å². The molecule has 0 aromatic heterocycles. The Labute approximate surface area is 142 Å². The first kappa shape index (κ1) is 17.7. The number of nitrogens with one attached hydrogen (secondary N) is 1. The minimum Gasteiger partial charge on any atom is -0.502 e. The van der Waals surface area contributed by atoms with Gasteiger partial charge in [0.1, 0.15) is 0 Å². The molecule has 2 N–H and O–H groups in total. The summed E-state index contributed by atoms with van der Waals surface area (Å²) in [5.41, 5.74) is 2.69. The molecule has 0 saturated heterocycles. The standard InChI is InChI=1S/C16H15N3O6/c1-24-13-6-10(7-14(25-2)15(13)20)9-17-18-16(21)11-4-3-5-12(8-11)19(22)23/h3-9,20H,1-2H3,(H,18,21)/b17-9-. The fourth-order valence-corrected chi connectivity index (χ4v) is 1.98. The Hall–Kier alpha value is -3.62. The maximum Gasteiger partial charge on any atom is 0.271 e. The van der Waals surface area contributed by atoms with Gasteiger partial charge in [0.15, 0.2) is 11.5 Å². The number of hydrazone groups is 1. The summed E-state index contributed by atoms with van der Waals surface area (Å²) in [5.74, 6) is -0.378. The largest absolute Gasteiger partial charge is 0.502 e. The minimum absolute atomic E-state index is 0.104. The third kappa shape index (κ3) is 4.22. The van der Waals surface area contributed by atoms with E-state index in [4.69, 9.17) is 9.47 Å². The quantitative estimate of drug-likeness (QED) is 0.469. The first-order valence-electron chi connectivity index (χ1n) is 6.99. The molecular weight excluding hydrogens is 330 g/mol. The third-order valence-electron chi connectivity index (χ3n) is 3.20. The van der Waals surface area contributed by atoms with E-state index >= 15 is 0 Å². The van der Waals surface area contributed by atoms with Gasteiger partial charge in [-0.1, -0.05) is 6.07 Å². The Morgan fingerprint density at radius 2 is 1.88 bits per heavy atom. The molecule has 25 heavy (non-hydrogen) atoms. The lowest BCUT2D eigenvalue weighted by Crippen LogP contribution is -2.17. The summed E-state index contributed by atoms with van der Waals surface area (Å²) >= 11 is 0. The molecule has 0 aliphatic heterocycles. The van der Waals surface area contributed by atoms with Crippen molar-refractivity contribution in [3.8, 4) is 17.2 Å². The number of nitrogens with zero attached hydrogens (tertiary/aromatic N) is 2. The highest BCUT2D eigenvalue weighted by Crippen LogP contribution is 2.36. The van der Waals surface area contributed by atoms with Gasteiger partial charge in [-0.15, -0.1) is 0 Å². The van der Waals surface area contributed by atoms with Crippen LogP contribution >= 0.6 is 0 Å². The molecule has 9 nitrogen and oxygen atoms in total. The van der Waals surface area contributed by atoms with E-state index in [0.717, 1.165) is 6.07 Å². The highest BCUT2D eigenvalue weighted by molar-refractivity contribution is 5.95. The number of amides is 1. The van der Waals surface area contributed by atoms with Crippen LogP contribution in [0.4, 0.5) is 5.69 Å². The molecule has 130 valence electrons. The molecule has 2 rings (SSSR count). The molecule has 0 atom stereocenters. The number of hydrogen-bond acceptors (Lipinski definition) is 7. The number of ether oxygens (including phenoxy) is 2. The van der Waals surface area contributed by atoms with Crippen molar-refractivity contribution in [2.45, 2.75) is 0 Å². The normalized spacial score (nSPS) is 10.5. The van der Waals surface area contributed by atoms with Gasteiger partial charge in [-0.3, -0.25) is 14.9 Å². The van der Waals surface area contributed by atoms with Gasteiger partial charge >= 0.3 is 0 Å². The van der Waals surface area contributed by atoms with Crippen LogP contribution in [-0.2, 0) is 0 Å². The minimum atomic E-state index is -0.599. The fraction of sp³-hybridized carbons (Fsp3) is 0.125. The Balaban J connectivity index is 2.14. The molecule has 2 aromatic rings. The zero-order valence-electron chi connectivity index (χ0n) is 13.4. The maximum absolute atomic E-state index is 12.0. The Morgan fingerprint density at radius 1 is 1.24 bits per heavy atom. The van der Waals surface area contributed by atoms with Gasteiger partial charge < -0.3 is 14.6 Å². The monoisotopic (exact) mass is 345 g/mol. The van der Waals surface area contributed by atoms with Crippen LogP contribution in [0.1, 0.15) is 15.9 Å². The third-order valence-corrected chi connectivity index (χ3v) is 3.20. The van der Waals surface area contributed by atoms with Crippen LogP contribution in [0.5, 0.6) is 17.2 Å². The number of hydrogen-bond donors (Lipinski definition) is 2. The van der Waals surface area contributed by atoms with E-state index in [9.17, 15) is 20.0 Å². The van der Waals surface area contributed by atoms with E-state index in [1.807, 2.05) is 0 Å². The van der Waals surface area contributed by atoms with Crippen LogP contribution in [0.2, 0.25) is 0 Å². The van der Waals surface area contributed by atoms with E-state index < -0.39 is 10.8 Å². The van der Waals surface area contributed by atoms with Gasteiger partial charge in [0.2, 0.25) is 5.75 Å². The van der Waals surface area contributed by atoms with Crippen LogP contribution in [0.3, 0.4) is 0 Å². The average Bonchev–Trinajstić information content (AvgIpc) is 2.62. The second kappa shape index (κ2) is 7.77. The van der Waals surface area contributed by atoms with E-state index in [1.54, 1.807) is 0 Å². The van der Waals surface area contributed by atoms with Crippen molar-refractivity contribution in [3.63, 3.8) is 0 Å². The highest BCUT2D eigenvalue weighted by Gasteiger charge is 2.12. The van der Waals surface area contributed by atoms with Crippen LogP contribution in [0, 0.1) is 10.1 Å². The predicted molar refractivity (Wildman–Crippen MR) is 89.4 cm³/mol. The zero-order valence-corrected chi connectivity index (χ0v) is 13.4. The zero-order chi connectivity index (χ0) is 18.4. The molecule has 0 fully saturated rings. The van der Waals surface area contributed by atoms with E-state index in [2.05, 4.69) is 10.5 Å². The molecular formula is C16H15N3O6. The lowest BCUT2D eigenvalue weighted by Gasteiger charge is -2.09. The number of nitro groups is 1. The molecule has 0 radical (unpaired) electrons. The van der Waals surface area contributed by atoms with Crippen LogP contribution in [0.25, 0.3) is 0 Å². The second-order valence-electron chi connectivity index (χ2n) is 4.78. The number of non-ortho nitro benzene ring substituents is 1. The number of carbonyl (C=O) groups is 1. The van der Waals surface area contributed by atoms with Gasteiger partial charge in [0, 0.05) is 23.3 Å². The Bertz CT molecular complexity index is 809. The first-order valence-corrected chi connectivity index (χ1v) is 6.99. The fourth-order valence-electron chi connectivity index (χ4n) is 1.98. The summed E-state index contributed by atoms with van der Waals surface area (Å²) in [5, 5.41) is 24.3. The number of methoxy groups -OCH3 is 2. The van der Waals surface area contributed by atoms with Crippen LogP contribution in [-0.4, -0.2) is 36.4 Å². The summed E-state index contributed by atoms with van der Waals surface area (Å²) in [6.07, 6.45) is 1.32. The second-order valence-corrected chi connectivity index (χ2v) is 4.78. The summed E-state index contributed by atoms with van der Waals surface area (Å²) < 4.78 is 10.0. The van der Waals surface area contributed by atoms with Crippen molar-refractivity contribution < 1.29 is 24.3 Å². The molecule has 0 aliphatic rings. The SMILES string of the molecule is COc1cc(/C=N\NC(=O)c2cccc([N+](=O)[O-])c2)cc(OC)c1O. The van der Waals surface area contributed by atoms with Crippen molar-refractivity contribution in [3.05, 3.63) is 57.6 Å². The topological polar surface area (TPSA) is 123 Å². The van der Waals surface area contributed by atoms with Gasteiger partial charge in [-0.2, -0.15) is 5.10 Å². The Morgan fingerprint density at radius 3 is 2.44 bits per heavy atom. The average molecular weight is 345 g/mol. The van der Waals surface area contributed by atoms with Crippen molar-refractivity contribution in [2.24, 2.45) is 5.10 Å². The highest BCUT2D eigenvalue weighted by atomic mass is 16.6. The van der Waals surface area contributed by atoms with Gasteiger partial charge in [-0.25, -0.2) is 5.43 Å². The first-order chi connectivity index (χ1) is 12.0. The molecule has 0 bridgehead atoms. The molecule has 0 saturated carbocycles. The summed E-state index contributed by atoms with van der Waals surface area (Å²) in [7, 11) is 2.78. The van der Waals surface area contributed by atoms with Crippen molar-refractivity contribution in [1.82, 2.24) is 5.43 Å². The number of phenolic OH excluding ortho intramolecular Hbond substituents is 1. The van der Waals surface area contributed by atoms with E-state index in [-0.39, 0.29) is 28.5 Å². The molecule has 9 heteroatoms. The van der Waals surface area contributed by atoms with Gasteiger partial charge in [0.25, 0.3) is 11.6 Å². The summed E-state index contributed by atoms with van der Waals surface area (Å²) in [4.78, 5) is 22.1. The van der Waals surface area contributed by atoms with Crippen molar-refractivity contribution in [2.75, 3.05) is 14.2 Å². The van der Waals surface area contributed by atoms with E-state index in [1.165, 1.54) is 50.8 Å². The molecule has 2 aromatic carbocycles. The van der Waals surface area contributed by atoms with Crippen LogP contribution < -0.4 is 14.9 Å². The van der Waals surface area contributed by atoms with Crippen molar-refractivity contribution >= 4 is 17.8 Å². The number of benzene rings is 2. The van der Waals surface area contributed by atoms with Crippen molar-refractivity contribution in [1.29, 1.82) is 0 Å². The number of carbonyl (C=O) groups excluding carboxylic acids is 1. The molecule has 0 heterocycles. The van der Waals surface area contributed by atoms with Gasteiger partial charge in [-0.05, 0) is 18.2 Å². The maximum atomic E-state index is 12.0. The molecule has 1 amide bonds. The lowest BCUT2D eigenvalue weighted by molar-refractivity contribution is -0.384. The smallest absolute Gasteiger partial charge is 0.271 e. The number of aromatic hydroxyl groups is 1. The molecule has 0 aliphatic carbocycles. The number of rotatable bonds is 6.